The summed E-state index contributed by atoms with van der Waals surface area (Å²) in [4.78, 5) is 16.2. The number of nitrogens with zero attached hydrogens (tertiary/aromatic N) is 2. The molecule has 1 fully saturated rings. The van der Waals surface area contributed by atoms with E-state index >= 15 is 0 Å². The monoisotopic (exact) mass is 364 g/mol. The van der Waals surface area contributed by atoms with Crippen LogP contribution in [0, 0.1) is 17.5 Å². The molecule has 1 atom stereocenters. The maximum absolute atomic E-state index is 14.0. The van der Waals surface area contributed by atoms with E-state index < -0.39 is 28.9 Å². The van der Waals surface area contributed by atoms with Crippen molar-refractivity contribution in [3.63, 3.8) is 0 Å². The summed E-state index contributed by atoms with van der Waals surface area (Å²) in [6.07, 6.45) is 0. The second kappa shape index (κ2) is 7.37. The molecule has 2 aromatic rings. The molecule has 2 aromatic carbocycles. The molecule has 1 aliphatic heterocycles. The topological polar surface area (TPSA) is 32.8 Å². The average Bonchev–Trinajstić information content (AvgIpc) is 2.66. The second-order valence-corrected chi connectivity index (χ2v) is 6.25. The number of rotatable bonds is 3. The Balaban J connectivity index is 1.85. The van der Waals surface area contributed by atoms with E-state index in [-0.39, 0.29) is 6.04 Å². The smallest absolute Gasteiger partial charge is 0.257 e. The van der Waals surface area contributed by atoms with Gasteiger partial charge in [-0.25, -0.2) is 13.2 Å². The van der Waals surface area contributed by atoms with Crippen LogP contribution >= 0.6 is 0 Å². The first kappa shape index (κ1) is 18.3. The lowest BCUT2D eigenvalue weighted by molar-refractivity contribution is 0.0540. The number of ether oxygens (including phenoxy) is 1. The Morgan fingerprint density at radius 3 is 2.62 bits per heavy atom. The summed E-state index contributed by atoms with van der Waals surface area (Å²) < 4.78 is 45.8. The molecule has 1 unspecified atom stereocenters. The molecule has 4 nitrogen and oxygen atoms in total. The van der Waals surface area contributed by atoms with E-state index in [2.05, 4.69) is 4.90 Å². The molecule has 138 valence electrons. The van der Waals surface area contributed by atoms with Crippen molar-refractivity contribution in [2.75, 3.05) is 33.8 Å². The van der Waals surface area contributed by atoms with Crippen LogP contribution in [0.4, 0.5) is 13.2 Å². The fourth-order valence-electron chi connectivity index (χ4n) is 3.13. The zero-order chi connectivity index (χ0) is 18.8. The van der Waals surface area contributed by atoms with Crippen LogP contribution in [-0.2, 0) is 0 Å². The van der Waals surface area contributed by atoms with Crippen LogP contribution < -0.4 is 4.74 Å². The van der Waals surface area contributed by atoms with Crippen molar-refractivity contribution in [1.82, 2.24) is 9.80 Å². The zero-order valence-corrected chi connectivity index (χ0v) is 14.5. The maximum Gasteiger partial charge on any atom is 0.257 e. The number of likely N-dealkylation sites (N-methyl/N-ethyl adjacent to an activating group) is 1. The van der Waals surface area contributed by atoms with Crippen LogP contribution in [0.1, 0.15) is 22.0 Å². The van der Waals surface area contributed by atoms with Crippen LogP contribution in [0.5, 0.6) is 5.75 Å². The average molecular weight is 364 g/mol. The van der Waals surface area contributed by atoms with Gasteiger partial charge in [0.15, 0.2) is 17.5 Å². The Kier molecular flexibility index (Phi) is 5.18. The Hall–Kier alpha value is -2.54. The Labute approximate surface area is 149 Å². The molecule has 0 aliphatic carbocycles. The molecule has 0 spiro atoms. The third-order valence-electron chi connectivity index (χ3n) is 4.68. The summed E-state index contributed by atoms with van der Waals surface area (Å²) in [6.45, 7) is 1.24. The highest BCUT2D eigenvalue weighted by Crippen LogP contribution is 2.28. The van der Waals surface area contributed by atoms with Crippen molar-refractivity contribution in [2.45, 2.75) is 6.04 Å². The number of amides is 1. The number of methoxy groups -OCH3 is 1. The molecule has 0 bridgehead atoms. The van der Waals surface area contributed by atoms with E-state index in [4.69, 9.17) is 4.74 Å². The lowest BCUT2D eigenvalue weighted by Crippen LogP contribution is -2.49. The number of hydrogen-bond donors (Lipinski definition) is 0. The van der Waals surface area contributed by atoms with Gasteiger partial charge in [-0.2, -0.15) is 0 Å². The summed E-state index contributed by atoms with van der Waals surface area (Å²) in [5.41, 5.74) is 0.493. The van der Waals surface area contributed by atoms with Crippen LogP contribution in [0.15, 0.2) is 36.4 Å². The zero-order valence-electron chi connectivity index (χ0n) is 14.5. The number of carbonyl (C=O) groups excluding carboxylic acids is 1. The lowest BCUT2D eigenvalue weighted by atomic mass is 10.0. The van der Waals surface area contributed by atoms with Crippen molar-refractivity contribution in [2.24, 2.45) is 0 Å². The minimum absolute atomic E-state index is 0.115. The minimum Gasteiger partial charge on any atom is -0.497 e. The molecule has 1 amide bonds. The number of carbonyl (C=O) groups is 1. The van der Waals surface area contributed by atoms with Crippen molar-refractivity contribution >= 4 is 5.91 Å². The molecule has 0 aromatic heterocycles. The van der Waals surface area contributed by atoms with E-state index in [1.54, 1.807) is 7.11 Å². The van der Waals surface area contributed by atoms with E-state index in [1.165, 1.54) is 4.90 Å². The summed E-state index contributed by atoms with van der Waals surface area (Å²) in [7, 11) is 3.51. The van der Waals surface area contributed by atoms with Crippen molar-refractivity contribution < 1.29 is 22.7 Å². The van der Waals surface area contributed by atoms with Gasteiger partial charge in [0.25, 0.3) is 5.91 Å². The van der Waals surface area contributed by atoms with E-state index in [0.717, 1.165) is 17.7 Å². The van der Waals surface area contributed by atoms with Crippen molar-refractivity contribution in [3.05, 3.63) is 65.0 Å². The summed E-state index contributed by atoms with van der Waals surface area (Å²) >= 11 is 0. The predicted molar refractivity (Wildman–Crippen MR) is 90.6 cm³/mol. The van der Waals surface area contributed by atoms with E-state index in [0.29, 0.717) is 25.4 Å². The van der Waals surface area contributed by atoms with Crippen LogP contribution in [0.3, 0.4) is 0 Å². The molecule has 1 heterocycles. The Morgan fingerprint density at radius 1 is 1.12 bits per heavy atom. The van der Waals surface area contributed by atoms with Gasteiger partial charge in [-0.3, -0.25) is 9.69 Å². The second-order valence-electron chi connectivity index (χ2n) is 6.25. The van der Waals surface area contributed by atoms with Gasteiger partial charge in [-0.15, -0.1) is 0 Å². The molecular formula is C19H19F3N2O2. The van der Waals surface area contributed by atoms with Crippen LogP contribution in [-0.4, -0.2) is 49.5 Å². The summed E-state index contributed by atoms with van der Waals surface area (Å²) in [5, 5.41) is 0. The first-order chi connectivity index (χ1) is 12.4. The van der Waals surface area contributed by atoms with Gasteiger partial charge in [0.1, 0.15) is 5.75 Å². The van der Waals surface area contributed by atoms with Gasteiger partial charge in [0.05, 0.1) is 18.7 Å². The molecule has 1 saturated heterocycles. The predicted octanol–water partition coefficient (Wildman–Crippen LogP) is 3.24. The summed E-state index contributed by atoms with van der Waals surface area (Å²) in [5.74, 6) is -4.35. The molecule has 1 aliphatic rings. The summed E-state index contributed by atoms with van der Waals surface area (Å²) in [6, 6.07) is 9.12. The molecule has 3 rings (SSSR count). The maximum atomic E-state index is 14.0. The lowest BCUT2D eigenvalue weighted by Gasteiger charge is -2.39. The largest absolute Gasteiger partial charge is 0.497 e. The number of piperazine rings is 1. The molecule has 0 saturated carbocycles. The highest BCUT2D eigenvalue weighted by Gasteiger charge is 2.31. The van der Waals surface area contributed by atoms with E-state index in [1.807, 2.05) is 31.3 Å². The molecule has 0 N–H and O–H groups in total. The van der Waals surface area contributed by atoms with Crippen LogP contribution in [0.25, 0.3) is 0 Å². The van der Waals surface area contributed by atoms with E-state index in [9.17, 15) is 18.0 Å². The van der Waals surface area contributed by atoms with Crippen LogP contribution in [0.2, 0.25) is 0 Å². The quantitative estimate of drug-likeness (QED) is 0.784. The molecule has 26 heavy (non-hydrogen) atoms. The first-order valence-electron chi connectivity index (χ1n) is 8.19. The van der Waals surface area contributed by atoms with Gasteiger partial charge < -0.3 is 9.64 Å². The fourth-order valence-corrected chi connectivity index (χ4v) is 3.13. The van der Waals surface area contributed by atoms with Crippen molar-refractivity contribution in [1.29, 1.82) is 0 Å². The van der Waals surface area contributed by atoms with Gasteiger partial charge in [-0.05, 0) is 36.9 Å². The van der Waals surface area contributed by atoms with Gasteiger partial charge in [0, 0.05) is 19.6 Å². The van der Waals surface area contributed by atoms with Gasteiger partial charge in [0.2, 0.25) is 0 Å². The first-order valence-corrected chi connectivity index (χ1v) is 8.19. The Morgan fingerprint density at radius 2 is 1.88 bits per heavy atom. The minimum atomic E-state index is -1.63. The number of benzene rings is 2. The molecule has 0 radical (unpaired) electrons. The molecular weight excluding hydrogens is 345 g/mol. The fraction of sp³-hybridized carbons (Fsp3) is 0.316. The highest BCUT2D eigenvalue weighted by atomic mass is 19.2. The number of hydrogen-bond acceptors (Lipinski definition) is 3. The molecule has 7 heteroatoms. The Bertz CT molecular complexity index is 828. The number of halogens is 3. The normalized spacial score (nSPS) is 18.0. The highest BCUT2D eigenvalue weighted by molar-refractivity contribution is 5.94. The third-order valence-corrected chi connectivity index (χ3v) is 4.68. The SMILES string of the molecule is COc1cccc(C2CN(C(=O)c3ccc(F)c(F)c3F)CCN2C)c1. The van der Waals surface area contributed by atoms with Gasteiger partial charge in [-0.1, -0.05) is 12.1 Å². The van der Waals surface area contributed by atoms with Crippen molar-refractivity contribution in [3.8, 4) is 5.75 Å². The standard InChI is InChI=1S/C19H19F3N2O2/c1-23-8-9-24(11-16(23)12-4-3-5-13(10-12)26-2)19(25)14-6-7-15(20)18(22)17(14)21/h3-7,10,16H,8-9,11H2,1-2H3. The third kappa shape index (κ3) is 3.39. The van der Waals surface area contributed by atoms with Gasteiger partial charge >= 0.3 is 0 Å².